The van der Waals surface area contributed by atoms with E-state index in [0.717, 1.165) is 15.4 Å². The third-order valence-corrected chi connectivity index (χ3v) is 3.41. The number of benzene rings is 1. The Morgan fingerprint density at radius 1 is 1.00 bits per heavy atom. The first-order valence-corrected chi connectivity index (χ1v) is 7.08. The molecule has 0 aromatic heterocycles. The van der Waals surface area contributed by atoms with Gasteiger partial charge in [-0.15, -0.1) is 0 Å². The summed E-state index contributed by atoms with van der Waals surface area (Å²) in [6.45, 7) is 11.5. The average Bonchev–Trinajstić information content (AvgIpc) is 1.96. The monoisotopic (exact) mass is 345 g/mol. The first-order chi connectivity index (χ1) is 7.10. The van der Waals surface area contributed by atoms with E-state index in [2.05, 4.69) is 84.7 Å². The molecule has 0 unspecified atom stereocenters. The summed E-state index contributed by atoms with van der Waals surface area (Å²) in [5.41, 5.74) is 1.86. The molecule has 0 heterocycles. The molecule has 89 valence electrons. The van der Waals surface area contributed by atoms with Gasteiger partial charge in [0, 0.05) is 15.0 Å². The topological polar surface area (TPSA) is 0 Å². The van der Waals surface area contributed by atoms with Gasteiger partial charge in [0.25, 0.3) is 0 Å². The Labute approximate surface area is 116 Å². The zero-order valence-corrected chi connectivity index (χ0v) is 13.8. The van der Waals surface area contributed by atoms with Crippen molar-refractivity contribution in [3.05, 3.63) is 32.7 Å². The molecule has 0 spiro atoms. The summed E-state index contributed by atoms with van der Waals surface area (Å²) in [6.07, 6.45) is 1.16. The van der Waals surface area contributed by atoms with E-state index in [1.165, 1.54) is 5.56 Å². The summed E-state index contributed by atoms with van der Waals surface area (Å²) in [5, 5.41) is 0. The molecule has 0 nitrogen and oxygen atoms in total. The van der Waals surface area contributed by atoms with Crippen LogP contribution < -0.4 is 0 Å². The molecule has 1 rings (SSSR count). The predicted octanol–water partition coefficient (Wildman–Crippen LogP) is 5.73. The van der Waals surface area contributed by atoms with Gasteiger partial charge in [-0.1, -0.05) is 66.5 Å². The SMILES string of the molecule is CC(C)(C)CC(C)(C)c1cc(Br)[c]c(Br)c1. The minimum atomic E-state index is 0.179. The lowest BCUT2D eigenvalue weighted by Crippen LogP contribution is -2.24. The van der Waals surface area contributed by atoms with Gasteiger partial charge in [-0.3, -0.25) is 0 Å². The van der Waals surface area contributed by atoms with Gasteiger partial charge in [-0.05, 0) is 34.9 Å². The second-order valence-electron chi connectivity index (χ2n) is 6.19. The van der Waals surface area contributed by atoms with Crippen molar-refractivity contribution in [2.45, 2.75) is 46.5 Å². The van der Waals surface area contributed by atoms with Crippen LogP contribution in [0.25, 0.3) is 0 Å². The van der Waals surface area contributed by atoms with Gasteiger partial charge < -0.3 is 0 Å². The summed E-state index contributed by atoms with van der Waals surface area (Å²) in [4.78, 5) is 0. The van der Waals surface area contributed by atoms with E-state index in [-0.39, 0.29) is 5.41 Å². The highest BCUT2D eigenvalue weighted by atomic mass is 79.9. The molecule has 0 aliphatic rings. The van der Waals surface area contributed by atoms with Gasteiger partial charge in [-0.25, -0.2) is 0 Å². The van der Waals surface area contributed by atoms with E-state index in [1.807, 2.05) is 0 Å². The van der Waals surface area contributed by atoms with E-state index in [1.54, 1.807) is 0 Å². The molecule has 16 heavy (non-hydrogen) atoms. The zero-order chi connectivity index (χ0) is 12.6. The molecule has 1 radical (unpaired) electrons. The number of hydrogen-bond donors (Lipinski definition) is 0. The summed E-state index contributed by atoms with van der Waals surface area (Å²) >= 11 is 7.00. The highest BCUT2D eigenvalue weighted by Crippen LogP contribution is 2.37. The van der Waals surface area contributed by atoms with Crippen LogP contribution in [0.15, 0.2) is 21.1 Å². The van der Waals surface area contributed by atoms with E-state index in [0.29, 0.717) is 5.41 Å². The highest BCUT2D eigenvalue weighted by molar-refractivity contribution is 9.11. The summed E-state index contributed by atoms with van der Waals surface area (Å²) in [5.74, 6) is 0. The molecule has 0 atom stereocenters. The molecular formula is C14H19Br2. The molecule has 1 aromatic carbocycles. The van der Waals surface area contributed by atoms with Crippen molar-refractivity contribution in [2.24, 2.45) is 5.41 Å². The lowest BCUT2D eigenvalue weighted by Gasteiger charge is -2.33. The first-order valence-electron chi connectivity index (χ1n) is 5.49. The molecule has 0 saturated heterocycles. The Hall–Kier alpha value is 0.180. The Bertz CT molecular complexity index is 353. The molecule has 1 aromatic rings. The lowest BCUT2D eigenvalue weighted by atomic mass is 9.72. The van der Waals surface area contributed by atoms with Crippen LogP contribution in [-0.2, 0) is 5.41 Å². The van der Waals surface area contributed by atoms with Gasteiger partial charge in [0.05, 0.1) is 0 Å². The van der Waals surface area contributed by atoms with Crippen LogP contribution in [0, 0.1) is 11.5 Å². The largest absolute Gasteiger partial charge is 0.0601 e. The lowest BCUT2D eigenvalue weighted by molar-refractivity contribution is 0.284. The van der Waals surface area contributed by atoms with Gasteiger partial charge in [0.1, 0.15) is 0 Å². The molecule has 0 saturated carbocycles. The Kier molecular flexibility index (Phi) is 4.29. The predicted molar refractivity (Wildman–Crippen MR) is 77.8 cm³/mol. The van der Waals surface area contributed by atoms with E-state index < -0.39 is 0 Å². The van der Waals surface area contributed by atoms with Crippen LogP contribution in [0.3, 0.4) is 0 Å². The number of halogens is 2. The minimum Gasteiger partial charge on any atom is -0.0601 e. The quantitative estimate of drug-likeness (QED) is 0.641. The molecule has 0 bridgehead atoms. The zero-order valence-electron chi connectivity index (χ0n) is 10.6. The van der Waals surface area contributed by atoms with Crippen LogP contribution in [0.1, 0.15) is 46.6 Å². The van der Waals surface area contributed by atoms with Crippen molar-refractivity contribution in [3.63, 3.8) is 0 Å². The second-order valence-corrected chi connectivity index (χ2v) is 7.89. The van der Waals surface area contributed by atoms with Gasteiger partial charge in [0.2, 0.25) is 0 Å². The molecule has 0 aliphatic heterocycles. The van der Waals surface area contributed by atoms with Crippen LogP contribution in [-0.4, -0.2) is 0 Å². The molecule has 0 aliphatic carbocycles. The van der Waals surface area contributed by atoms with Crippen LogP contribution >= 0.6 is 31.9 Å². The number of hydrogen-bond acceptors (Lipinski definition) is 0. The van der Waals surface area contributed by atoms with Crippen molar-refractivity contribution in [1.29, 1.82) is 0 Å². The van der Waals surface area contributed by atoms with Crippen LogP contribution in [0.4, 0.5) is 0 Å². The number of rotatable bonds is 2. The van der Waals surface area contributed by atoms with Crippen molar-refractivity contribution in [3.8, 4) is 0 Å². The summed E-state index contributed by atoms with van der Waals surface area (Å²) in [7, 11) is 0. The summed E-state index contributed by atoms with van der Waals surface area (Å²) in [6, 6.07) is 7.51. The van der Waals surface area contributed by atoms with E-state index >= 15 is 0 Å². The third kappa shape index (κ3) is 4.21. The first kappa shape index (κ1) is 14.2. The smallest absolute Gasteiger partial charge is 0.0268 e. The van der Waals surface area contributed by atoms with E-state index in [9.17, 15) is 0 Å². The van der Waals surface area contributed by atoms with Crippen molar-refractivity contribution >= 4 is 31.9 Å². The van der Waals surface area contributed by atoms with Gasteiger partial charge >= 0.3 is 0 Å². The maximum Gasteiger partial charge on any atom is 0.0268 e. The van der Waals surface area contributed by atoms with Crippen molar-refractivity contribution in [1.82, 2.24) is 0 Å². The Morgan fingerprint density at radius 2 is 1.44 bits per heavy atom. The molecular weight excluding hydrogens is 328 g/mol. The third-order valence-electron chi connectivity index (χ3n) is 2.56. The Morgan fingerprint density at radius 3 is 1.81 bits per heavy atom. The molecule has 0 amide bonds. The fourth-order valence-electron chi connectivity index (χ4n) is 2.32. The highest BCUT2D eigenvalue weighted by Gasteiger charge is 2.27. The standard InChI is InChI=1S/C14H19Br2/c1-13(2,3)9-14(4,5)10-6-11(15)8-12(16)7-10/h6-7H,9H2,1-5H3. The maximum atomic E-state index is 3.50. The van der Waals surface area contributed by atoms with Crippen LogP contribution in [0.5, 0.6) is 0 Å². The molecule has 0 fully saturated rings. The maximum absolute atomic E-state index is 3.50. The van der Waals surface area contributed by atoms with Crippen LogP contribution in [0.2, 0.25) is 0 Å². The summed E-state index contributed by atoms with van der Waals surface area (Å²) < 4.78 is 2.03. The fraction of sp³-hybridized carbons (Fsp3) is 0.571. The molecule has 2 heteroatoms. The van der Waals surface area contributed by atoms with Gasteiger partial charge in [-0.2, -0.15) is 0 Å². The second kappa shape index (κ2) is 4.81. The average molecular weight is 347 g/mol. The normalized spacial score (nSPS) is 12.9. The van der Waals surface area contributed by atoms with E-state index in [4.69, 9.17) is 0 Å². The Balaban J connectivity index is 3.06. The minimum absolute atomic E-state index is 0.179. The van der Waals surface area contributed by atoms with Gasteiger partial charge in [0.15, 0.2) is 0 Å². The van der Waals surface area contributed by atoms with Crippen molar-refractivity contribution < 1.29 is 0 Å². The van der Waals surface area contributed by atoms with Crippen molar-refractivity contribution in [2.75, 3.05) is 0 Å². The fourth-order valence-corrected chi connectivity index (χ4v) is 3.51. The molecule has 0 N–H and O–H groups in total.